The van der Waals surface area contributed by atoms with E-state index in [1.807, 2.05) is 10.9 Å². The fraction of sp³-hybridized carbons (Fsp3) is 0.385. The van der Waals surface area contributed by atoms with E-state index in [9.17, 15) is 0 Å². The SMILES string of the molecule is CCc1ccc(-n2cc(CCCCl)nn2)cc1. The molecule has 90 valence electrons. The lowest BCUT2D eigenvalue weighted by Gasteiger charge is -2.01. The van der Waals surface area contributed by atoms with Crippen molar-refractivity contribution in [2.75, 3.05) is 5.88 Å². The van der Waals surface area contributed by atoms with Gasteiger partial charge in [0.25, 0.3) is 0 Å². The zero-order valence-corrected chi connectivity index (χ0v) is 10.7. The topological polar surface area (TPSA) is 30.7 Å². The van der Waals surface area contributed by atoms with Crippen LogP contribution in [0.2, 0.25) is 0 Å². The molecule has 0 saturated carbocycles. The molecule has 1 aromatic carbocycles. The minimum atomic E-state index is 0.665. The van der Waals surface area contributed by atoms with Crippen LogP contribution >= 0.6 is 11.6 Å². The minimum Gasteiger partial charge on any atom is -0.220 e. The van der Waals surface area contributed by atoms with E-state index in [0.29, 0.717) is 5.88 Å². The third-order valence-corrected chi connectivity index (χ3v) is 2.98. The fourth-order valence-electron chi connectivity index (χ4n) is 1.67. The third kappa shape index (κ3) is 3.07. The standard InChI is InChI=1S/C13H16ClN3/c1-2-11-5-7-13(8-6-11)17-10-12(15-16-17)4-3-9-14/h5-8,10H,2-4,9H2,1H3. The van der Waals surface area contributed by atoms with Crippen LogP contribution in [-0.2, 0) is 12.8 Å². The summed E-state index contributed by atoms with van der Waals surface area (Å²) in [4.78, 5) is 0. The summed E-state index contributed by atoms with van der Waals surface area (Å²) in [6, 6.07) is 8.38. The van der Waals surface area contributed by atoms with Crippen molar-refractivity contribution < 1.29 is 0 Å². The van der Waals surface area contributed by atoms with Gasteiger partial charge < -0.3 is 0 Å². The van der Waals surface area contributed by atoms with Crippen LogP contribution in [0.3, 0.4) is 0 Å². The lowest BCUT2D eigenvalue weighted by atomic mass is 10.1. The summed E-state index contributed by atoms with van der Waals surface area (Å²) in [6.07, 6.45) is 4.84. The van der Waals surface area contributed by atoms with Crippen LogP contribution in [0.1, 0.15) is 24.6 Å². The van der Waals surface area contributed by atoms with Gasteiger partial charge in [-0.15, -0.1) is 16.7 Å². The maximum atomic E-state index is 5.65. The van der Waals surface area contributed by atoms with Crippen LogP contribution in [-0.4, -0.2) is 20.9 Å². The third-order valence-electron chi connectivity index (χ3n) is 2.72. The molecule has 17 heavy (non-hydrogen) atoms. The first-order valence-corrected chi connectivity index (χ1v) is 6.43. The molecule has 3 nitrogen and oxygen atoms in total. The molecular formula is C13H16ClN3. The number of aromatic nitrogens is 3. The van der Waals surface area contributed by atoms with Gasteiger partial charge in [0.15, 0.2) is 0 Å². The van der Waals surface area contributed by atoms with Gasteiger partial charge >= 0.3 is 0 Å². The summed E-state index contributed by atoms with van der Waals surface area (Å²) < 4.78 is 1.81. The van der Waals surface area contributed by atoms with Crippen molar-refractivity contribution in [3.63, 3.8) is 0 Å². The van der Waals surface area contributed by atoms with Crippen molar-refractivity contribution in [2.24, 2.45) is 0 Å². The zero-order valence-electron chi connectivity index (χ0n) is 9.93. The van der Waals surface area contributed by atoms with Crippen LogP contribution < -0.4 is 0 Å². The Bertz CT molecular complexity index is 462. The maximum absolute atomic E-state index is 5.65. The first kappa shape index (κ1) is 12.1. The Morgan fingerprint density at radius 3 is 2.65 bits per heavy atom. The van der Waals surface area contributed by atoms with Crippen molar-refractivity contribution in [2.45, 2.75) is 26.2 Å². The number of rotatable bonds is 5. The van der Waals surface area contributed by atoms with Gasteiger partial charge in [0.2, 0.25) is 0 Å². The molecule has 0 N–H and O–H groups in total. The molecule has 0 amide bonds. The highest BCUT2D eigenvalue weighted by atomic mass is 35.5. The molecule has 0 radical (unpaired) electrons. The average Bonchev–Trinajstić information content (AvgIpc) is 2.85. The van der Waals surface area contributed by atoms with Gasteiger partial charge in [-0.3, -0.25) is 0 Å². The van der Waals surface area contributed by atoms with Crippen LogP contribution in [0.15, 0.2) is 30.5 Å². The van der Waals surface area contributed by atoms with E-state index < -0.39 is 0 Å². The second-order valence-corrected chi connectivity index (χ2v) is 4.34. The van der Waals surface area contributed by atoms with Gasteiger partial charge in [-0.25, -0.2) is 4.68 Å². The quantitative estimate of drug-likeness (QED) is 0.763. The summed E-state index contributed by atoms with van der Waals surface area (Å²) in [6.45, 7) is 2.15. The Hall–Kier alpha value is -1.35. The van der Waals surface area contributed by atoms with E-state index in [2.05, 4.69) is 41.5 Å². The highest BCUT2D eigenvalue weighted by Gasteiger charge is 2.02. The lowest BCUT2D eigenvalue weighted by Crippen LogP contribution is -1.94. The molecule has 4 heteroatoms. The molecular weight excluding hydrogens is 234 g/mol. The van der Waals surface area contributed by atoms with Crippen LogP contribution in [0.5, 0.6) is 0 Å². The van der Waals surface area contributed by atoms with Crippen molar-refractivity contribution in [3.8, 4) is 5.69 Å². The summed E-state index contributed by atoms with van der Waals surface area (Å²) >= 11 is 5.65. The molecule has 0 saturated heterocycles. The number of hydrogen-bond donors (Lipinski definition) is 0. The van der Waals surface area contributed by atoms with Gasteiger partial charge in [-0.1, -0.05) is 24.3 Å². The van der Waals surface area contributed by atoms with Crippen molar-refractivity contribution in [1.82, 2.24) is 15.0 Å². The van der Waals surface area contributed by atoms with Crippen LogP contribution in [0, 0.1) is 0 Å². The Kier molecular flexibility index (Phi) is 4.15. The van der Waals surface area contributed by atoms with Gasteiger partial charge in [-0.2, -0.15) is 0 Å². The van der Waals surface area contributed by atoms with Gasteiger partial charge in [0.05, 0.1) is 17.6 Å². The minimum absolute atomic E-state index is 0.665. The number of alkyl halides is 1. The maximum Gasteiger partial charge on any atom is 0.0832 e. The average molecular weight is 250 g/mol. The Morgan fingerprint density at radius 1 is 1.24 bits per heavy atom. The van der Waals surface area contributed by atoms with Crippen molar-refractivity contribution in [3.05, 3.63) is 41.7 Å². The van der Waals surface area contributed by atoms with E-state index in [4.69, 9.17) is 11.6 Å². The van der Waals surface area contributed by atoms with Gasteiger partial charge in [-0.05, 0) is 37.0 Å². The molecule has 0 bridgehead atoms. The predicted octanol–water partition coefficient (Wildman–Crippen LogP) is 3.00. The number of benzene rings is 1. The van der Waals surface area contributed by atoms with Crippen molar-refractivity contribution >= 4 is 11.6 Å². The molecule has 0 aliphatic carbocycles. The van der Waals surface area contributed by atoms with E-state index >= 15 is 0 Å². The zero-order chi connectivity index (χ0) is 12.1. The molecule has 0 aliphatic rings. The second kappa shape index (κ2) is 5.82. The number of aryl methyl sites for hydroxylation is 2. The first-order chi connectivity index (χ1) is 8.33. The molecule has 0 unspecified atom stereocenters. The summed E-state index contributed by atoms with van der Waals surface area (Å²) in [7, 11) is 0. The number of halogens is 1. The normalized spacial score (nSPS) is 10.7. The van der Waals surface area contributed by atoms with E-state index in [1.165, 1.54) is 5.56 Å². The Labute approximate surface area is 106 Å². The monoisotopic (exact) mass is 249 g/mol. The molecule has 0 fully saturated rings. The molecule has 1 heterocycles. The predicted molar refractivity (Wildman–Crippen MR) is 69.8 cm³/mol. The molecule has 2 aromatic rings. The van der Waals surface area contributed by atoms with Gasteiger partial charge in [0, 0.05) is 5.88 Å². The molecule has 1 aromatic heterocycles. The second-order valence-electron chi connectivity index (χ2n) is 3.97. The lowest BCUT2D eigenvalue weighted by molar-refractivity contribution is 0.791. The highest BCUT2D eigenvalue weighted by Crippen LogP contribution is 2.10. The Balaban J connectivity index is 2.12. The van der Waals surface area contributed by atoms with Crippen LogP contribution in [0.25, 0.3) is 5.69 Å². The number of hydrogen-bond acceptors (Lipinski definition) is 2. The largest absolute Gasteiger partial charge is 0.220 e. The Morgan fingerprint density at radius 2 is 2.00 bits per heavy atom. The molecule has 0 aliphatic heterocycles. The first-order valence-electron chi connectivity index (χ1n) is 5.90. The summed E-state index contributed by atoms with van der Waals surface area (Å²) in [5.41, 5.74) is 3.37. The highest BCUT2D eigenvalue weighted by molar-refractivity contribution is 6.17. The van der Waals surface area contributed by atoms with E-state index in [-0.39, 0.29) is 0 Å². The molecule has 0 atom stereocenters. The number of nitrogens with zero attached hydrogens (tertiary/aromatic N) is 3. The molecule has 0 spiro atoms. The van der Waals surface area contributed by atoms with Crippen molar-refractivity contribution in [1.29, 1.82) is 0 Å². The van der Waals surface area contributed by atoms with E-state index in [1.54, 1.807) is 0 Å². The smallest absolute Gasteiger partial charge is 0.0832 e. The fourth-order valence-corrected chi connectivity index (χ4v) is 1.81. The van der Waals surface area contributed by atoms with Gasteiger partial charge in [0.1, 0.15) is 0 Å². The molecule has 2 rings (SSSR count). The summed E-state index contributed by atoms with van der Waals surface area (Å²) in [5.74, 6) is 0.665. The summed E-state index contributed by atoms with van der Waals surface area (Å²) in [5, 5.41) is 8.25. The van der Waals surface area contributed by atoms with Crippen LogP contribution in [0.4, 0.5) is 0 Å². The van der Waals surface area contributed by atoms with E-state index in [0.717, 1.165) is 30.6 Å².